The van der Waals surface area contributed by atoms with E-state index < -0.39 is 0 Å². The van der Waals surface area contributed by atoms with Crippen molar-refractivity contribution in [2.75, 3.05) is 13.1 Å². The second-order valence-corrected chi connectivity index (χ2v) is 3.97. The molecule has 0 aromatic carbocycles. The molecule has 3 nitrogen and oxygen atoms in total. The Kier molecular flexibility index (Phi) is 4.39. The van der Waals surface area contributed by atoms with Crippen LogP contribution in [0, 0.1) is 0 Å². The van der Waals surface area contributed by atoms with Crippen LogP contribution in [0.15, 0.2) is 4.99 Å². The molecule has 14 heavy (non-hydrogen) atoms. The van der Waals surface area contributed by atoms with E-state index in [9.17, 15) is 0 Å². The van der Waals surface area contributed by atoms with E-state index in [0.29, 0.717) is 6.04 Å². The predicted molar refractivity (Wildman–Crippen MR) is 61.6 cm³/mol. The molecule has 0 unspecified atom stereocenters. The SMILES string of the molecule is CCC(N)=NC1CC(N(CC)CC)C1. The number of aliphatic imine (C=N–C) groups is 1. The highest BCUT2D eigenvalue weighted by atomic mass is 15.2. The van der Waals surface area contributed by atoms with Crippen LogP contribution < -0.4 is 5.73 Å². The largest absolute Gasteiger partial charge is 0.387 e. The number of rotatable bonds is 5. The lowest BCUT2D eigenvalue weighted by molar-refractivity contribution is 0.123. The standard InChI is InChI=1S/C11H23N3/c1-4-11(12)13-9-7-10(8-9)14(5-2)6-3/h9-10H,4-8H2,1-3H3,(H2,12,13). The van der Waals surface area contributed by atoms with E-state index in [1.165, 1.54) is 12.8 Å². The summed E-state index contributed by atoms with van der Waals surface area (Å²) in [5, 5.41) is 0. The van der Waals surface area contributed by atoms with Crippen molar-refractivity contribution in [1.82, 2.24) is 4.90 Å². The molecule has 1 saturated carbocycles. The van der Waals surface area contributed by atoms with Crippen LogP contribution in [0.3, 0.4) is 0 Å². The summed E-state index contributed by atoms with van der Waals surface area (Å²) < 4.78 is 0. The van der Waals surface area contributed by atoms with Crippen LogP contribution in [-0.2, 0) is 0 Å². The maximum atomic E-state index is 5.71. The highest BCUT2D eigenvalue weighted by Crippen LogP contribution is 2.28. The summed E-state index contributed by atoms with van der Waals surface area (Å²) in [4.78, 5) is 6.98. The topological polar surface area (TPSA) is 41.6 Å². The number of hydrogen-bond donors (Lipinski definition) is 1. The summed E-state index contributed by atoms with van der Waals surface area (Å²) in [5.41, 5.74) is 5.71. The molecule has 1 rings (SSSR count). The summed E-state index contributed by atoms with van der Waals surface area (Å²) in [6.07, 6.45) is 3.27. The summed E-state index contributed by atoms with van der Waals surface area (Å²) in [6, 6.07) is 1.25. The Bertz CT molecular complexity index is 191. The Hall–Kier alpha value is -0.570. The summed E-state index contributed by atoms with van der Waals surface area (Å²) >= 11 is 0. The Morgan fingerprint density at radius 2 is 1.86 bits per heavy atom. The van der Waals surface area contributed by atoms with Crippen LogP contribution in [0.5, 0.6) is 0 Å². The minimum atomic E-state index is 0.501. The van der Waals surface area contributed by atoms with Crippen LogP contribution >= 0.6 is 0 Å². The molecule has 2 N–H and O–H groups in total. The van der Waals surface area contributed by atoms with Crippen LogP contribution in [-0.4, -0.2) is 35.9 Å². The molecule has 0 radical (unpaired) electrons. The first-order valence-electron chi connectivity index (χ1n) is 5.77. The van der Waals surface area contributed by atoms with Gasteiger partial charge >= 0.3 is 0 Å². The quantitative estimate of drug-likeness (QED) is 0.537. The second kappa shape index (κ2) is 5.35. The smallest absolute Gasteiger partial charge is 0.0937 e. The normalized spacial score (nSPS) is 27.9. The van der Waals surface area contributed by atoms with Crippen molar-refractivity contribution in [3.63, 3.8) is 0 Å². The van der Waals surface area contributed by atoms with E-state index in [-0.39, 0.29) is 0 Å². The van der Waals surface area contributed by atoms with Gasteiger partial charge in [-0.05, 0) is 25.9 Å². The zero-order valence-corrected chi connectivity index (χ0v) is 9.66. The van der Waals surface area contributed by atoms with Gasteiger partial charge in [-0.3, -0.25) is 4.99 Å². The van der Waals surface area contributed by atoms with Crippen LogP contribution in [0.25, 0.3) is 0 Å². The number of nitrogens with two attached hydrogens (primary N) is 1. The van der Waals surface area contributed by atoms with Crippen molar-refractivity contribution in [2.45, 2.75) is 52.1 Å². The third kappa shape index (κ3) is 2.71. The van der Waals surface area contributed by atoms with Crippen molar-refractivity contribution in [3.8, 4) is 0 Å². The fourth-order valence-corrected chi connectivity index (χ4v) is 2.03. The minimum Gasteiger partial charge on any atom is -0.387 e. The zero-order chi connectivity index (χ0) is 10.6. The van der Waals surface area contributed by atoms with Gasteiger partial charge in [-0.25, -0.2) is 0 Å². The van der Waals surface area contributed by atoms with Gasteiger partial charge in [0.25, 0.3) is 0 Å². The van der Waals surface area contributed by atoms with E-state index in [1.54, 1.807) is 0 Å². The maximum absolute atomic E-state index is 5.71. The van der Waals surface area contributed by atoms with E-state index in [2.05, 4.69) is 30.7 Å². The lowest BCUT2D eigenvalue weighted by Crippen LogP contribution is -2.46. The Morgan fingerprint density at radius 3 is 2.29 bits per heavy atom. The number of hydrogen-bond acceptors (Lipinski definition) is 2. The van der Waals surface area contributed by atoms with E-state index >= 15 is 0 Å². The maximum Gasteiger partial charge on any atom is 0.0937 e. The lowest BCUT2D eigenvalue weighted by atomic mass is 9.86. The Labute approximate surface area is 87.4 Å². The molecule has 0 saturated heterocycles. The van der Waals surface area contributed by atoms with Crippen molar-refractivity contribution in [3.05, 3.63) is 0 Å². The lowest BCUT2D eigenvalue weighted by Gasteiger charge is -2.40. The monoisotopic (exact) mass is 197 g/mol. The molecule has 0 aromatic heterocycles. The van der Waals surface area contributed by atoms with Gasteiger partial charge in [0.05, 0.1) is 11.9 Å². The average Bonchev–Trinajstić information content (AvgIpc) is 2.15. The van der Waals surface area contributed by atoms with Gasteiger partial charge in [0.2, 0.25) is 0 Å². The molecule has 0 aliphatic heterocycles. The average molecular weight is 197 g/mol. The van der Waals surface area contributed by atoms with Crippen molar-refractivity contribution < 1.29 is 0 Å². The Balaban J connectivity index is 2.29. The first-order valence-corrected chi connectivity index (χ1v) is 5.77. The molecule has 0 spiro atoms. The van der Waals surface area contributed by atoms with Gasteiger partial charge in [0.15, 0.2) is 0 Å². The highest BCUT2D eigenvalue weighted by Gasteiger charge is 2.31. The molecule has 1 aliphatic rings. The zero-order valence-electron chi connectivity index (χ0n) is 9.66. The van der Waals surface area contributed by atoms with Crippen LogP contribution in [0.2, 0.25) is 0 Å². The van der Waals surface area contributed by atoms with Crippen molar-refractivity contribution in [1.29, 1.82) is 0 Å². The third-order valence-electron chi connectivity index (χ3n) is 3.13. The summed E-state index contributed by atoms with van der Waals surface area (Å²) in [7, 11) is 0. The predicted octanol–water partition coefficient (Wildman–Crippen LogP) is 1.63. The molecular weight excluding hydrogens is 174 g/mol. The molecule has 1 fully saturated rings. The summed E-state index contributed by atoms with van der Waals surface area (Å²) in [6.45, 7) is 8.81. The summed E-state index contributed by atoms with van der Waals surface area (Å²) in [5.74, 6) is 0.813. The molecule has 1 aliphatic carbocycles. The van der Waals surface area contributed by atoms with Gasteiger partial charge in [-0.15, -0.1) is 0 Å². The number of amidine groups is 1. The molecule has 0 aromatic rings. The van der Waals surface area contributed by atoms with E-state index in [1.807, 2.05) is 0 Å². The van der Waals surface area contributed by atoms with Crippen LogP contribution in [0.4, 0.5) is 0 Å². The fraction of sp³-hybridized carbons (Fsp3) is 0.909. The van der Waals surface area contributed by atoms with Gasteiger partial charge < -0.3 is 10.6 Å². The van der Waals surface area contributed by atoms with Crippen LogP contribution in [0.1, 0.15) is 40.0 Å². The molecule has 0 amide bonds. The molecule has 0 atom stereocenters. The molecule has 82 valence electrons. The minimum absolute atomic E-state index is 0.501. The van der Waals surface area contributed by atoms with E-state index in [0.717, 1.165) is 31.4 Å². The van der Waals surface area contributed by atoms with Gasteiger partial charge in [0.1, 0.15) is 0 Å². The highest BCUT2D eigenvalue weighted by molar-refractivity contribution is 5.80. The second-order valence-electron chi connectivity index (χ2n) is 3.97. The van der Waals surface area contributed by atoms with Gasteiger partial charge in [0, 0.05) is 12.5 Å². The fourth-order valence-electron chi connectivity index (χ4n) is 2.03. The molecule has 0 bridgehead atoms. The molecule has 3 heteroatoms. The van der Waals surface area contributed by atoms with Gasteiger partial charge in [-0.1, -0.05) is 20.8 Å². The number of nitrogens with zero attached hydrogens (tertiary/aromatic N) is 2. The van der Waals surface area contributed by atoms with Gasteiger partial charge in [-0.2, -0.15) is 0 Å². The Morgan fingerprint density at radius 1 is 1.29 bits per heavy atom. The van der Waals surface area contributed by atoms with Crippen molar-refractivity contribution >= 4 is 5.84 Å². The van der Waals surface area contributed by atoms with Crippen molar-refractivity contribution in [2.24, 2.45) is 10.7 Å². The van der Waals surface area contributed by atoms with E-state index in [4.69, 9.17) is 5.73 Å². The third-order valence-corrected chi connectivity index (χ3v) is 3.13. The first kappa shape index (κ1) is 11.5. The first-order chi connectivity index (χ1) is 6.71. The molecule has 0 heterocycles. The molecular formula is C11H23N3.